The van der Waals surface area contributed by atoms with Crippen molar-refractivity contribution in [3.63, 3.8) is 0 Å². The average Bonchev–Trinajstić information content (AvgIpc) is 3.09. The third-order valence-corrected chi connectivity index (χ3v) is 5.02. The number of carbonyl (C=O) groups excluding carboxylic acids is 1. The van der Waals surface area contributed by atoms with Crippen molar-refractivity contribution in [2.45, 2.75) is 20.3 Å². The summed E-state index contributed by atoms with van der Waals surface area (Å²) in [5, 5.41) is 7.45. The van der Waals surface area contributed by atoms with Crippen LogP contribution in [0.15, 0.2) is 79.0 Å². The van der Waals surface area contributed by atoms with E-state index in [-0.39, 0.29) is 0 Å². The van der Waals surface area contributed by atoms with E-state index in [4.69, 9.17) is 9.84 Å². The van der Waals surface area contributed by atoms with Gasteiger partial charge in [-0.1, -0.05) is 54.6 Å². The SMILES string of the molecule is Cc1nn(-c2ccc(CCNC(=O)Oc3ccccc3)cn2)c(C)c1-c1ccccc1. The highest BCUT2D eigenvalue weighted by Gasteiger charge is 2.15. The quantitative estimate of drug-likeness (QED) is 0.490. The van der Waals surface area contributed by atoms with E-state index >= 15 is 0 Å². The maximum atomic E-state index is 11.9. The minimum absolute atomic E-state index is 0.463. The van der Waals surface area contributed by atoms with Crippen molar-refractivity contribution in [1.82, 2.24) is 20.1 Å². The number of nitrogens with zero attached hydrogens (tertiary/aromatic N) is 3. The van der Waals surface area contributed by atoms with Crippen LogP contribution in [0.2, 0.25) is 0 Å². The first-order chi connectivity index (χ1) is 15.1. The fraction of sp³-hybridized carbons (Fsp3) is 0.160. The molecule has 2 heterocycles. The lowest BCUT2D eigenvalue weighted by molar-refractivity contribution is 0.200. The maximum Gasteiger partial charge on any atom is 0.412 e. The van der Waals surface area contributed by atoms with Crippen LogP contribution in [0.25, 0.3) is 16.9 Å². The molecule has 2 aromatic heterocycles. The van der Waals surface area contributed by atoms with E-state index in [1.807, 2.05) is 66.3 Å². The van der Waals surface area contributed by atoms with Crippen LogP contribution in [0.4, 0.5) is 4.79 Å². The number of rotatable bonds is 6. The molecule has 31 heavy (non-hydrogen) atoms. The highest BCUT2D eigenvalue weighted by atomic mass is 16.6. The first kappa shape index (κ1) is 20.3. The van der Waals surface area contributed by atoms with Crippen molar-refractivity contribution in [2.75, 3.05) is 6.54 Å². The monoisotopic (exact) mass is 412 g/mol. The Morgan fingerprint density at radius 3 is 2.35 bits per heavy atom. The van der Waals surface area contributed by atoms with Crippen LogP contribution < -0.4 is 10.1 Å². The van der Waals surface area contributed by atoms with E-state index in [0.29, 0.717) is 18.7 Å². The molecule has 0 aliphatic rings. The van der Waals surface area contributed by atoms with E-state index < -0.39 is 6.09 Å². The Kier molecular flexibility index (Phi) is 6.08. The van der Waals surface area contributed by atoms with Gasteiger partial charge in [0.2, 0.25) is 0 Å². The predicted molar refractivity (Wildman–Crippen MR) is 120 cm³/mol. The number of carbonyl (C=O) groups is 1. The van der Waals surface area contributed by atoms with Gasteiger partial charge in [0, 0.05) is 18.3 Å². The van der Waals surface area contributed by atoms with Crippen molar-refractivity contribution < 1.29 is 9.53 Å². The number of aromatic nitrogens is 3. The lowest BCUT2D eigenvalue weighted by atomic mass is 10.0. The van der Waals surface area contributed by atoms with Crippen molar-refractivity contribution in [3.05, 3.63) is 95.9 Å². The predicted octanol–water partition coefficient (Wildman–Crippen LogP) is 4.88. The van der Waals surface area contributed by atoms with Crippen molar-refractivity contribution in [3.8, 4) is 22.7 Å². The molecule has 156 valence electrons. The zero-order chi connectivity index (χ0) is 21.6. The van der Waals surface area contributed by atoms with E-state index in [1.165, 1.54) is 0 Å². The molecule has 0 unspecified atom stereocenters. The molecule has 6 heteroatoms. The zero-order valence-corrected chi connectivity index (χ0v) is 17.6. The number of nitrogens with one attached hydrogen (secondary N) is 1. The minimum atomic E-state index is -0.466. The standard InChI is InChI=1S/C25H24N4O2/c1-18-24(21-9-5-3-6-10-21)19(2)29(28-18)23-14-13-20(17-27-23)15-16-26-25(30)31-22-11-7-4-8-12-22/h3-14,17H,15-16H2,1-2H3,(H,26,30). The molecule has 0 saturated heterocycles. The molecule has 0 radical (unpaired) electrons. The highest BCUT2D eigenvalue weighted by Crippen LogP contribution is 2.28. The Morgan fingerprint density at radius 1 is 0.968 bits per heavy atom. The number of hydrogen-bond acceptors (Lipinski definition) is 4. The van der Waals surface area contributed by atoms with Gasteiger partial charge in [-0.15, -0.1) is 0 Å². The van der Waals surface area contributed by atoms with Gasteiger partial charge in [-0.2, -0.15) is 5.10 Å². The molecule has 0 saturated carbocycles. The van der Waals surface area contributed by atoms with E-state index in [9.17, 15) is 4.79 Å². The Bertz CT molecular complexity index is 1150. The number of pyridine rings is 1. The van der Waals surface area contributed by atoms with Crippen molar-refractivity contribution in [2.24, 2.45) is 0 Å². The summed E-state index contributed by atoms with van der Waals surface area (Å²) >= 11 is 0. The molecule has 4 aromatic rings. The summed E-state index contributed by atoms with van der Waals surface area (Å²) in [5.41, 5.74) is 5.32. The topological polar surface area (TPSA) is 69.0 Å². The number of hydrogen-bond donors (Lipinski definition) is 1. The van der Waals surface area contributed by atoms with Gasteiger partial charge < -0.3 is 10.1 Å². The summed E-state index contributed by atoms with van der Waals surface area (Å²) in [6, 6.07) is 23.2. The highest BCUT2D eigenvalue weighted by molar-refractivity contribution is 5.70. The minimum Gasteiger partial charge on any atom is -0.410 e. The van der Waals surface area contributed by atoms with Crippen LogP contribution >= 0.6 is 0 Å². The van der Waals surface area contributed by atoms with Gasteiger partial charge in [-0.3, -0.25) is 0 Å². The molecule has 0 aliphatic heterocycles. The fourth-order valence-electron chi connectivity index (χ4n) is 3.52. The number of amides is 1. The molecule has 0 aliphatic carbocycles. The second-order valence-corrected chi connectivity index (χ2v) is 7.23. The Labute approximate surface area is 181 Å². The van der Waals surface area contributed by atoms with Crippen LogP contribution in [0.3, 0.4) is 0 Å². The molecule has 6 nitrogen and oxygen atoms in total. The number of para-hydroxylation sites is 1. The fourth-order valence-corrected chi connectivity index (χ4v) is 3.52. The van der Waals surface area contributed by atoms with Crippen LogP contribution in [-0.2, 0) is 6.42 Å². The zero-order valence-electron chi connectivity index (χ0n) is 17.6. The van der Waals surface area contributed by atoms with Crippen LogP contribution in [0, 0.1) is 13.8 Å². The molecule has 0 atom stereocenters. The van der Waals surface area contributed by atoms with Gasteiger partial charge in [0.1, 0.15) is 5.75 Å². The largest absolute Gasteiger partial charge is 0.412 e. The van der Waals surface area contributed by atoms with Crippen LogP contribution in [0.1, 0.15) is 17.0 Å². The summed E-state index contributed by atoms with van der Waals surface area (Å²) in [4.78, 5) is 16.4. The van der Waals surface area contributed by atoms with Gasteiger partial charge in [-0.05, 0) is 49.6 Å². The van der Waals surface area contributed by atoms with Crippen LogP contribution in [0.5, 0.6) is 5.75 Å². The Balaban J connectivity index is 1.38. The maximum absolute atomic E-state index is 11.9. The van der Waals surface area contributed by atoms with Gasteiger partial charge >= 0.3 is 6.09 Å². The molecule has 2 aromatic carbocycles. The molecule has 0 spiro atoms. The normalized spacial score (nSPS) is 10.6. The van der Waals surface area contributed by atoms with Crippen molar-refractivity contribution >= 4 is 6.09 Å². The van der Waals surface area contributed by atoms with Gasteiger partial charge in [0.15, 0.2) is 5.82 Å². The average molecular weight is 412 g/mol. The van der Waals surface area contributed by atoms with Gasteiger partial charge in [0.25, 0.3) is 0 Å². The molecule has 4 rings (SSSR count). The Morgan fingerprint density at radius 2 is 1.68 bits per heavy atom. The first-order valence-corrected chi connectivity index (χ1v) is 10.2. The summed E-state index contributed by atoms with van der Waals surface area (Å²) in [5.74, 6) is 1.29. The molecule has 0 fully saturated rings. The summed E-state index contributed by atoms with van der Waals surface area (Å²) in [7, 11) is 0. The van der Waals surface area contributed by atoms with Gasteiger partial charge in [0.05, 0.1) is 11.4 Å². The number of aryl methyl sites for hydroxylation is 1. The molecule has 0 bridgehead atoms. The summed E-state index contributed by atoms with van der Waals surface area (Å²) in [6.07, 6.45) is 2.01. The van der Waals surface area contributed by atoms with E-state index in [0.717, 1.165) is 33.9 Å². The third kappa shape index (κ3) is 4.80. The smallest absolute Gasteiger partial charge is 0.410 e. The third-order valence-electron chi connectivity index (χ3n) is 5.02. The lowest BCUT2D eigenvalue weighted by Gasteiger charge is -2.08. The summed E-state index contributed by atoms with van der Waals surface area (Å²) in [6.45, 7) is 4.53. The number of ether oxygens (including phenoxy) is 1. The number of benzene rings is 2. The van der Waals surface area contributed by atoms with Gasteiger partial charge in [-0.25, -0.2) is 14.5 Å². The molecule has 1 amide bonds. The van der Waals surface area contributed by atoms with Crippen LogP contribution in [-0.4, -0.2) is 27.4 Å². The summed E-state index contributed by atoms with van der Waals surface area (Å²) < 4.78 is 7.09. The van der Waals surface area contributed by atoms with E-state index in [1.54, 1.807) is 12.1 Å². The lowest BCUT2D eigenvalue weighted by Crippen LogP contribution is -2.28. The molecular weight excluding hydrogens is 388 g/mol. The first-order valence-electron chi connectivity index (χ1n) is 10.2. The second kappa shape index (κ2) is 9.26. The Hall–Kier alpha value is -3.93. The van der Waals surface area contributed by atoms with E-state index in [2.05, 4.69) is 29.4 Å². The molecular formula is C25H24N4O2. The molecule has 1 N–H and O–H groups in total. The second-order valence-electron chi connectivity index (χ2n) is 7.23. The van der Waals surface area contributed by atoms with Crippen molar-refractivity contribution in [1.29, 1.82) is 0 Å².